The number of hydrogen-bond acceptors (Lipinski definition) is 4. The number of rotatable bonds is 5. The van der Waals surface area contributed by atoms with Gasteiger partial charge in [-0.05, 0) is 61.9 Å². The van der Waals surface area contributed by atoms with Gasteiger partial charge in [-0.15, -0.1) is 0 Å². The van der Waals surface area contributed by atoms with Crippen LogP contribution in [-0.2, 0) is 9.84 Å². The number of benzene rings is 1. The van der Waals surface area contributed by atoms with Crippen molar-refractivity contribution < 1.29 is 8.42 Å². The van der Waals surface area contributed by atoms with E-state index in [0.717, 1.165) is 24.9 Å². The second-order valence-electron chi connectivity index (χ2n) is 7.55. The molecule has 2 heterocycles. The first kappa shape index (κ1) is 18.2. The molecular formula is C21H25N3O2S. The molecule has 5 nitrogen and oxygen atoms in total. The maximum atomic E-state index is 11.6. The summed E-state index contributed by atoms with van der Waals surface area (Å²) < 4.78 is 25.4. The smallest absolute Gasteiger partial charge is 0.175 e. The van der Waals surface area contributed by atoms with Gasteiger partial charge in [0.1, 0.15) is 5.65 Å². The van der Waals surface area contributed by atoms with Gasteiger partial charge in [-0.2, -0.15) is 0 Å². The zero-order valence-electron chi connectivity index (χ0n) is 15.7. The molecule has 0 aliphatic heterocycles. The quantitative estimate of drug-likeness (QED) is 0.729. The Bertz CT molecular complexity index is 1040. The molecule has 1 aliphatic rings. The lowest BCUT2D eigenvalue weighted by atomic mass is 9.97. The van der Waals surface area contributed by atoms with Crippen LogP contribution in [0.5, 0.6) is 0 Å². The second kappa shape index (κ2) is 7.09. The Morgan fingerprint density at radius 2 is 1.93 bits per heavy atom. The monoisotopic (exact) mass is 383 g/mol. The molecule has 0 amide bonds. The Balaban J connectivity index is 1.42. The number of sulfone groups is 1. The zero-order valence-corrected chi connectivity index (χ0v) is 16.5. The fourth-order valence-corrected chi connectivity index (χ4v) is 4.76. The molecule has 4 rings (SSSR count). The summed E-state index contributed by atoms with van der Waals surface area (Å²) in [6.07, 6.45) is 8.56. The van der Waals surface area contributed by atoms with E-state index in [4.69, 9.17) is 0 Å². The summed E-state index contributed by atoms with van der Waals surface area (Å²) in [5.74, 6) is 0.477. The summed E-state index contributed by atoms with van der Waals surface area (Å²) in [5, 5.41) is 3.75. The van der Waals surface area contributed by atoms with E-state index in [1.165, 1.54) is 17.5 Å². The van der Waals surface area contributed by atoms with Crippen LogP contribution in [-0.4, -0.2) is 30.1 Å². The number of nitrogens with zero attached hydrogens (tertiary/aromatic N) is 2. The van der Waals surface area contributed by atoms with Crippen LogP contribution in [0.2, 0.25) is 0 Å². The summed E-state index contributed by atoms with van der Waals surface area (Å²) in [6.45, 7) is 2.19. The van der Waals surface area contributed by atoms with E-state index < -0.39 is 9.84 Å². The SMILES string of the molecule is CC(NC1CCC(c2ccc(S(C)(=O)=O)cc2)C1)c1cnc2ccccn12. The number of fused-ring (bicyclic) bond motifs is 1. The molecule has 0 radical (unpaired) electrons. The summed E-state index contributed by atoms with van der Waals surface area (Å²) in [6, 6.07) is 14.1. The maximum Gasteiger partial charge on any atom is 0.175 e. The second-order valence-corrected chi connectivity index (χ2v) is 9.56. The van der Waals surface area contributed by atoms with Gasteiger partial charge >= 0.3 is 0 Å². The Labute approximate surface area is 160 Å². The molecule has 142 valence electrons. The minimum Gasteiger partial charge on any atom is -0.306 e. The molecule has 1 fully saturated rings. The Morgan fingerprint density at radius 1 is 1.15 bits per heavy atom. The van der Waals surface area contributed by atoms with Crippen molar-refractivity contribution in [3.8, 4) is 0 Å². The fourth-order valence-electron chi connectivity index (χ4n) is 4.13. The molecule has 1 saturated carbocycles. The predicted octanol–water partition coefficient (Wildman–Crippen LogP) is 3.72. The molecule has 3 aromatic rings. The average Bonchev–Trinajstić information content (AvgIpc) is 3.28. The van der Waals surface area contributed by atoms with E-state index >= 15 is 0 Å². The van der Waals surface area contributed by atoms with Gasteiger partial charge in [0, 0.05) is 24.5 Å². The van der Waals surface area contributed by atoms with Crippen molar-refractivity contribution >= 4 is 15.5 Å². The Kier molecular flexibility index (Phi) is 4.78. The molecule has 27 heavy (non-hydrogen) atoms. The maximum absolute atomic E-state index is 11.6. The van der Waals surface area contributed by atoms with Gasteiger partial charge in [0.2, 0.25) is 0 Å². The summed E-state index contributed by atoms with van der Waals surface area (Å²) >= 11 is 0. The van der Waals surface area contributed by atoms with Crippen LogP contribution in [0.3, 0.4) is 0 Å². The summed E-state index contributed by atoms with van der Waals surface area (Å²) in [5.41, 5.74) is 3.37. The van der Waals surface area contributed by atoms with Crippen molar-refractivity contribution in [2.24, 2.45) is 0 Å². The van der Waals surface area contributed by atoms with Gasteiger partial charge in [-0.1, -0.05) is 18.2 Å². The van der Waals surface area contributed by atoms with Gasteiger partial charge in [0.05, 0.1) is 16.8 Å². The lowest BCUT2D eigenvalue weighted by Gasteiger charge is -2.20. The van der Waals surface area contributed by atoms with Crippen molar-refractivity contribution in [3.63, 3.8) is 0 Å². The fraction of sp³-hybridized carbons (Fsp3) is 0.381. The van der Waals surface area contributed by atoms with E-state index in [1.54, 1.807) is 12.1 Å². The van der Waals surface area contributed by atoms with Crippen molar-refractivity contribution in [2.45, 2.75) is 49.1 Å². The Morgan fingerprint density at radius 3 is 2.67 bits per heavy atom. The van der Waals surface area contributed by atoms with Gasteiger partial charge < -0.3 is 9.72 Å². The minimum atomic E-state index is -3.13. The predicted molar refractivity (Wildman–Crippen MR) is 107 cm³/mol. The van der Waals surface area contributed by atoms with E-state index in [-0.39, 0.29) is 6.04 Å². The highest BCUT2D eigenvalue weighted by molar-refractivity contribution is 7.90. The molecule has 0 bridgehead atoms. The van der Waals surface area contributed by atoms with Crippen LogP contribution >= 0.6 is 0 Å². The number of imidazole rings is 1. The molecule has 6 heteroatoms. The average molecular weight is 384 g/mol. The van der Waals surface area contributed by atoms with Crippen LogP contribution in [0.25, 0.3) is 5.65 Å². The number of nitrogens with one attached hydrogen (secondary N) is 1. The highest BCUT2D eigenvalue weighted by Gasteiger charge is 2.27. The molecular weight excluding hydrogens is 358 g/mol. The van der Waals surface area contributed by atoms with Crippen LogP contribution in [0.1, 0.15) is 49.4 Å². The normalized spacial score (nSPS) is 21.6. The third-order valence-corrected chi connectivity index (χ3v) is 6.72. The first-order chi connectivity index (χ1) is 12.9. The van der Waals surface area contributed by atoms with E-state index in [1.807, 2.05) is 36.5 Å². The first-order valence-electron chi connectivity index (χ1n) is 9.40. The molecule has 0 saturated heterocycles. The van der Waals surface area contributed by atoms with Crippen LogP contribution in [0, 0.1) is 0 Å². The summed E-state index contributed by atoms with van der Waals surface area (Å²) in [4.78, 5) is 4.87. The van der Waals surface area contributed by atoms with Crippen LogP contribution in [0.4, 0.5) is 0 Å². The van der Waals surface area contributed by atoms with Crippen molar-refractivity contribution in [1.82, 2.24) is 14.7 Å². The highest BCUT2D eigenvalue weighted by Crippen LogP contribution is 2.35. The van der Waals surface area contributed by atoms with Gasteiger partial charge in [-0.3, -0.25) is 0 Å². The van der Waals surface area contributed by atoms with E-state index in [2.05, 4.69) is 27.8 Å². The Hall–Kier alpha value is -2.18. The first-order valence-corrected chi connectivity index (χ1v) is 11.3. The van der Waals surface area contributed by atoms with Crippen LogP contribution in [0.15, 0.2) is 59.8 Å². The topological polar surface area (TPSA) is 63.5 Å². The third kappa shape index (κ3) is 3.77. The van der Waals surface area contributed by atoms with Crippen molar-refractivity contribution in [3.05, 3.63) is 66.1 Å². The van der Waals surface area contributed by atoms with Crippen molar-refractivity contribution in [2.75, 3.05) is 6.26 Å². The van der Waals surface area contributed by atoms with Crippen LogP contribution < -0.4 is 5.32 Å². The van der Waals surface area contributed by atoms with Gasteiger partial charge in [0.15, 0.2) is 9.84 Å². The molecule has 2 aromatic heterocycles. The van der Waals surface area contributed by atoms with E-state index in [0.29, 0.717) is 16.9 Å². The third-order valence-electron chi connectivity index (χ3n) is 5.59. The molecule has 1 aliphatic carbocycles. The lowest BCUT2D eigenvalue weighted by Crippen LogP contribution is -2.30. The standard InChI is InChI=1S/C21H25N3O2S/c1-15(20-14-22-21-5-3-4-12-24(20)21)23-18-9-6-17(13-18)16-7-10-19(11-8-16)27(2,25)26/h3-5,7-8,10-12,14-15,17-18,23H,6,9,13H2,1-2H3. The minimum absolute atomic E-state index is 0.221. The number of aromatic nitrogens is 2. The molecule has 0 spiro atoms. The zero-order chi connectivity index (χ0) is 19.0. The molecule has 1 aromatic carbocycles. The van der Waals surface area contributed by atoms with Gasteiger partial charge in [0.25, 0.3) is 0 Å². The van der Waals surface area contributed by atoms with Gasteiger partial charge in [-0.25, -0.2) is 13.4 Å². The summed E-state index contributed by atoms with van der Waals surface area (Å²) in [7, 11) is -3.13. The lowest BCUT2D eigenvalue weighted by molar-refractivity contribution is 0.449. The molecule has 1 N–H and O–H groups in total. The highest BCUT2D eigenvalue weighted by atomic mass is 32.2. The largest absolute Gasteiger partial charge is 0.306 e. The molecule has 3 atom stereocenters. The number of pyridine rings is 1. The van der Waals surface area contributed by atoms with E-state index in [9.17, 15) is 8.42 Å². The molecule has 3 unspecified atom stereocenters. The van der Waals surface area contributed by atoms with Crippen molar-refractivity contribution in [1.29, 1.82) is 0 Å². The number of hydrogen-bond donors (Lipinski definition) is 1.